The van der Waals surface area contributed by atoms with E-state index in [1.165, 1.54) is 18.3 Å². The van der Waals surface area contributed by atoms with E-state index in [0.29, 0.717) is 22.5 Å². The highest BCUT2D eigenvalue weighted by atomic mass is 35.5. The van der Waals surface area contributed by atoms with Gasteiger partial charge in [0.2, 0.25) is 0 Å². The number of aliphatic hydroxyl groups is 1. The zero-order valence-corrected chi connectivity index (χ0v) is 11.6. The summed E-state index contributed by atoms with van der Waals surface area (Å²) in [5.74, 6) is -0.493. The Kier molecular flexibility index (Phi) is 4.42. The molecule has 20 heavy (non-hydrogen) atoms. The molecule has 0 atom stereocenters. The van der Waals surface area contributed by atoms with Crippen LogP contribution in [-0.2, 0) is 13.2 Å². The van der Waals surface area contributed by atoms with Crippen LogP contribution in [0.4, 0.5) is 10.1 Å². The van der Waals surface area contributed by atoms with Crippen LogP contribution < -0.4 is 5.32 Å². The number of aryl methyl sites for hydroxylation is 1. The van der Waals surface area contributed by atoms with Gasteiger partial charge in [-0.1, -0.05) is 11.6 Å². The van der Waals surface area contributed by atoms with Gasteiger partial charge >= 0.3 is 0 Å². The van der Waals surface area contributed by atoms with E-state index in [9.17, 15) is 14.6 Å². The fraction of sp³-hybridized carbons (Fsp3) is 0.214. The van der Waals surface area contributed by atoms with Crippen molar-refractivity contribution in [2.24, 2.45) is 0 Å². The summed E-state index contributed by atoms with van der Waals surface area (Å²) in [6.07, 6.45) is 1.51. The van der Waals surface area contributed by atoms with Crippen molar-refractivity contribution in [3.05, 3.63) is 52.1 Å². The number of anilines is 1. The summed E-state index contributed by atoms with van der Waals surface area (Å²) in [6.45, 7) is 1.68. The summed E-state index contributed by atoms with van der Waals surface area (Å²) in [4.78, 5) is 3.98. The Morgan fingerprint density at radius 2 is 2.15 bits per heavy atom. The van der Waals surface area contributed by atoms with Gasteiger partial charge in [0.1, 0.15) is 11.6 Å². The highest BCUT2D eigenvalue weighted by molar-refractivity contribution is 6.30. The Labute approximate surface area is 120 Å². The molecule has 0 aliphatic carbocycles. The average molecular weight is 297 g/mol. The topological polar surface area (TPSA) is 65.4 Å². The number of benzene rings is 1. The number of aliphatic hydroxyl groups excluding tert-OH is 1. The zero-order chi connectivity index (χ0) is 14.7. The predicted molar refractivity (Wildman–Crippen MR) is 75.3 cm³/mol. The number of nitrogens with one attached hydrogen (secondary N) is 1. The molecule has 3 N–H and O–H groups in total. The lowest BCUT2D eigenvalue weighted by Crippen LogP contribution is -2.05. The van der Waals surface area contributed by atoms with Crippen LogP contribution in [-0.4, -0.2) is 15.2 Å². The fourth-order valence-electron chi connectivity index (χ4n) is 1.81. The average Bonchev–Trinajstić information content (AvgIpc) is 2.44. The molecule has 0 aliphatic heterocycles. The number of hydrogen-bond donors (Lipinski definition) is 3. The van der Waals surface area contributed by atoms with Crippen molar-refractivity contribution in [1.82, 2.24) is 4.98 Å². The summed E-state index contributed by atoms with van der Waals surface area (Å²) in [6, 6.07) is 4.35. The third-order valence-electron chi connectivity index (χ3n) is 2.99. The van der Waals surface area contributed by atoms with Crippen LogP contribution >= 0.6 is 11.6 Å². The molecule has 0 saturated carbocycles. The van der Waals surface area contributed by atoms with E-state index in [1.54, 1.807) is 13.0 Å². The standard InChI is InChI=1S/C14H14ClFN2O2/c1-8-14(20)11(9(7-19)5-17-8)6-18-10-2-3-12(15)13(16)4-10/h2-5,18-20H,6-7H2,1H3. The lowest BCUT2D eigenvalue weighted by molar-refractivity contribution is 0.279. The number of nitrogens with zero attached hydrogens (tertiary/aromatic N) is 1. The maximum atomic E-state index is 13.3. The first kappa shape index (κ1) is 14.6. The molecule has 6 heteroatoms. The minimum atomic E-state index is -0.519. The second-order valence-electron chi connectivity index (χ2n) is 4.34. The molecule has 0 bridgehead atoms. The van der Waals surface area contributed by atoms with Gasteiger partial charge < -0.3 is 15.5 Å². The molecule has 0 unspecified atom stereocenters. The molecule has 0 spiro atoms. The third-order valence-corrected chi connectivity index (χ3v) is 3.30. The largest absolute Gasteiger partial charge is 0.506 e. The first-order valence-corrected chi connectivity index (χ1v) is 6.36. The van der Waals surface area contributed by atoms with Gasteiger partial charge in [-0.15, -0.1) is 0 Å². The zero-order valence-electron chi connectivity index (χ0n) is 10.8. The minimum Gasteiger partial charge on any atom is -0.506 e. The molecule has 4 nitrogen and oxygen atoms in total. The highest BCUT2D eigenvalue weighted by Gasteiger charge is 2.11. The summed E-state index contributed by atoms with van der Waals surface area (Å²) < 4.78 is 13.3. The molecule has 0 radical (unpaired) electrons. The van der Waals surface area contributed by atoms with Gasteiger partial charge in [0, 0.05) is 29.6 Å². The Balaban J connectivity index is 2.22. The van der Waals surface area contributed by atoms with Gasteiger partial charge in [-0.05, 0) is 25.1 Å². The Bertz CT molecular complexity index is 635. The smallest absolute Gasteiger partial charge is 0.143 e. The summed E-state index contributed by atoms with van der Waals surface area (Å²) in [5.41, 5.74) is 2.07. The monoisotopic (exact) mass is 296 g/mol. The number of aromatic nitrogens is 1. The van der Waals surface area contributed by atoms with Crippen LogP contribution in [0.15, 0.2) is 24.4 Å². The molecule has 1 aromatic carbocycles. The maximum Gasteiger partial charge on any atom is 0.143 e. The molecule has 0 fully saturated rings. The van der Waals surface area contributed by atoms with Crippen molar-refractivity contribution >= 4 is 17.3 Å². The van der Waals surface area contributed by atoms with Crippen molar-refractivity contribution in [2.75, 3.05) is 5.32 Å². The SMILES string of the molecule is Cc1ncc(CO)c(CNc2ccc(Cl)c(F)c2)c1O. The molecular formula is C14H14ClFN2O2. The minimum absolute atomic E-state index is 0.0264. The normalized spacial score (nSPS) is 10.6. The summed E-state index contributed by atoms with van der Waals surface area (Å²) >= 11 is 5.61. The lowest BCUT2D eigenvalue weighted by Gasteiger charge is -2.13. The molecule has 106 valence electrons. The Morgan fingerprint density at radius 3 is 2.80 bits per heavy atom. The van der Waals surface area contributed by atoms with Crippen LogP contribution in [0, 0.1) is 12.7 Å². The van der Waals surface area contributed by atoms with Crippen LogP contribution in [0.3, 0.4) is 0 Å². The molecule has 1 aromatic heterocycles. The quantitative estimate of drug-likeness (QED) is 0.811. The lowest BCUT2D eigenvalue weighted by atomic mass is 10.1. The first-order valence-electron chi connectivity index (χ1n) is 5.99. The van der Waals surface area contributed by atoms with Crippen LogP contribution in [0.2, 0.25) is 5.02 Å². The predicted octanol–water partition coefficient (Wildman–Crippen LogP) is 2.99. The van der Waals surface area contributed by atoms with Gasteiger partial charge in [0.05, 0.1) is 17.3 Å². The summed E-state index contributed by atoms with van der Waals surface area (Å²) in [5, 5.41) is 22.3. The van der Waals surface area contributed by atoms with Gasteiger partial charge in [-0.3, -0.25) is 4.98 Å². The van der Waals surface area contributed by atoms with E-state index in [2.05, 4.69) is 10.3 Å². The van der Waals surface area contributed by atoms with Crippen molar-refractivity contribution in [1.29, 1.82) is 0 Å². The van der Waals surface area contributed by atoms with Crippen LogP contribution in [0.25, 0.3) is 0 Å². The molecule has 1 heterocycles. The van der Waals surface area contributed by atoms with Crippen LogP contribution in [0.5, 0.6) is 5.75 Å². The third kappa shape index (κ3) is 3.00. The van der Waals surface area contributed by atoms with Crippen molar-refractivity contribution in [3.63, 3.8) is 0 Å². The molecule has 0 aliphatic rings. The van der Waals surface area contributed by atoms with Crippen molar-refractivity contribution in [2.45, 2.75) is 20.1 Å². The van der Waals surface area contributed by atoms with Gasteiger partial charge in [-0.2, -0.15) is 0 Å². The highest BCUT2D eigenvalue weighted by Crippen LogP contribution is 2.25. The molecule has 0 amide bonds. The van der Waals surface area contributed by atoms with E-state index >= 15 is 0 Å². The van der Waals surface area contributed by atoms with Gasteiger partial charge in [0.25, 0.3) is 0 Å². The van der Waals surface area contributed by atoms with E-state index < -0.39 is 5.82 Å². The van der Waals surface area contributed by atoms with E-state index in [4.69, 9.17) is 11.6 Å². The number of hydrogen-bond acceptors (Lipinski definition) is 4. The van der Waals surface area contributed by atoms with Crippen LogP contribution in [0.1, 0.15) is 16.8 Å². The second-order valence-corrected chi connectivity index (χ2v) is 4.74. The van der Waals surface area contributed by atoms with Crippen molar-refractivity contribution < 1.29 is 14.6 Å². The van der Waals surface area contributed by atoms with Crippen molar-refractivity contribution in [3.8, 4) is 5.75 Å². The second kappa shape index (κ2) is 6.07. The Hall–Kier alpha value is -1.85. The molecular weight excluding hydrogens is 283 g/mol. The fourth-order valence-corrected chi connectivity index (χ4v) is 1.93. The van der Waals surface area contributed by atoms with Gasteiger partial charge in [0.15, 0.2) is 0 Å². The van der Waals surface area contributed by atoms with E-state index in [0.717, 1.165) is 0 Å². The Morgan fingerprint density at radius 1 is 1.40 bits per heavy atom. The number of rotatable bonds is 4. The number of pyridine rings is 1. The summed E-state index contributed by atoms with van der Waals surface area (Å²) in [7, 11) is 0. The van der Waals surface area contributed by atoms with Gasteiger partial charge in [-0.25, -0.2) is 4.39 Å². The van der Waals surface area contributed by atoms with E-state index in [-0.39, 0.29) is 23.9 Å². The molecule has 0 saturated heterocycles. The molecule has 2 aromatic rings. The number of aromatic hydroxyl groups is 1. The molecule has 2 rings (SSSR count). The first-order chi connectivity index (χ1) is 9.52. The van der Waals surface area contributed by atoms with E-state index in [1.807, 2.05) is 0 Å². The maximum absolute atomic E-state index is 13.3. The number of halogens is 2.